The largest absolute Gasteiger partial charge is 0.426 e. The van der Waals surface area contributed by atoms with Crippen molar-refractivity contribution in [1.82, 2.24) is 40.4 Å². The summed E-state index contributed by atoms with van der Waals surface area (Å²) in [5, 5.41) is 19.2. The molecule has 0 aliphatic carbocycles. The summed E-state index contributed by atoms with van der Waals surface area (Å²) in [6.07, 6.45) is -3.48. The molecule has 3 aliphatic heterocycles. The summed E-state index contributed by atoms with van der Waals surface area (Å²) in [6.45, 7) is 6.99. The Balaban J connectivity index is 1.70. The van der Waals surface area contributed by atoms with Gasteiger partial charge < -0.3 is 50.1 Å². The molecule has 3 aliphatic rings. The fourth-order valence-electron chi connectivity index (χ4n) is 8.96. The van der Waals surface area contributed by atoms with E-state index >= 15 is 0 Å². The number of rotatable bonds is 16. The molecule has 7 atom stereocenters. The summed E-state index contributed by atoms with van der Waals surface area (Å²) in [6, 6.07) is -2.95. The van der Waals surface area contributed by atoms with Gasteiger partial charge in [0.25, 0.3) is 5.91 Å². The number of methoxy groups -OCH3 is 1. The number of hydrogen-bond donors (Lipinski definition) is 4. The number of ether oxygens (including phenoxy) is 2. The van der Waals surface area contributed by atoms with E-state index in [1.807, 2.05) is 13.8 Å². The molecular weight excluding hydrogens is 964 g/mol. The van der Waals surface area contributed by atoms with Crippen molar-refractivity contribution in [3.8, 4) is 0 Å². The second-order valence-corrected chi connectivity index (χ2v) is 19.9. The van der Waals surface area contributed by atoms with E-state index in [2.05, 4.69) is 20.9 Å². The van der Waals surface area contributed by atoms with Gasteiger partial charge in [0, 0.05) is 70.9 Å². The van der Waals surface area contributed by atoms with Crippen molar-refractivity contribution in [3.05, 3.63) is 33.8 Å². The number of aliphatic hydroxyl groups is 1. The summed E-state index contributed by atoms with van der Waals surface area (Å²) in [7, 11) is 5.71. The Morgan fingerprint density at radius 1 is 0.943 bits per heavy atom. The third-order valence-electron chi connectivity index (χ3n) is 13.2. The molecule has 0 bridgehead atoms. The Kier molecular flexibility index (Phi) is 22.0. The Labute approximate surface area is 418 Å². The fourth-order valence-corrected chi connectivity index (χ4v) is 9.35. The van der Waals surface area contributed by atoms with E-state index in [4.69, 9.17) is 32.7 Å². The third-order valence-corrected chi connectivity index (χ3v) is 13.8. The van der Waals surface area contributed by atoms with Gasteiger partial charge in [-0.1, -0.05) is 37.0 Å². The predicted octanol–water partition coefficient (Wildman–Crippen LogP) is 2.79. The molecule has 1 aromatic carbocycles. The summed E-state index contributed by atoms with van der Waals surface area (Å²) in [5.74, 6) is -6.00. The average Bonchev–Trinajstić information content (AvgIpc) is 3.80. The van der Waals surface area contributed by atoms with Crippen LogP contribution in [-0.4, -0.2) is 200 Å². The number of carbonyl (C=O) groups excluding carboxylic acids is 7. The molecule has 4 rings (SSSR count). The minimum absolute atomic E-state index is 0.0259. The van der Waals surface area contributed by atoms with Gasteiger partial charge in [-0.05, 0) is 101 Å². The van der Waals surface area contributed by atoms with Gasteiger partial charge in [-0.2, -0.15) is 13.2 Å². The fraction of sp³-hybridized carbons (Fsp3) is 0.723. The lowest BCUT2D eigenvalue weighted by Crippen LogP contribution is -2.61. The van der Waals surface area contributed by atoms with Crippen LogP contribution >= 0.6 is 23.2 Å². The maximum atomic E-state index is 14.8. The zero-order chi connectivity index (χ0) is 52.1. The second kappa shape index (κ2) is 26.4. The van der Waals surface area contributed by atoms with E-state index in [0.29, 0.717) is 74.5 Å². The lowest BCUT2D eigenvalue weighted by Gasteiger charge is -2.36. The van der Waals surface area contributed by atoms with Crippen molar-refractivity contribution in [2.24, 2.45) is 5.92 Å². The van der Waals surface area contributed by atoms with Gasteiger partial charge in [0.15, 0.2) is 0 Å². The highest BCUT2D eigenvalue weighted by molar-refractivity contribution is 6.33. The number of alkyl halides is 3. The molecule has 0 saturated carbocycles. The van der Waals surface area contributed by atoms with Crippen LogP contribution in [0.2, 0.25) is 10.0 Å². The van der Waals surface area contributed by atoms with E-state index in [1.54, 1.807) is 25.2 Å². The van der Waals surface area contributed by atoms with Crippen LogP contribution < -0.4 is 16.0 Å². The number of amides is 7. The number of benzene rings is 1. The number of halogens is 5. The third kappa shape index (κ3) is 15.6. The van der Waals surface area contributed by atoms with E-state index in [-0.39, 0.29) is 75.6 Å². The highest BCUT2D eigenvalue weighted by Gasteiger charge is 2.59. The van der Waals surface area contributed by atoms with Crippen molar-refractivity contribution in [1.29, 1.82) is 0 Å². The van der Waals surface area contributed by atoms with E-state index in [0.717, 1.165) is 0 Å². The van der Waals surface area contributed by atoms with Crippen LogP contribution in [0.25, 0.3) is 0 Å². The summed E-state index contributed by atoms with van der Waals surface area (Å²) >= 11 is 12.9. The Bertz CT molecular complexity index is 1990. The standard InChI is InChI=1S/C47H71Cl2F3N8O10/c1-29(2)25-34-44(66)58(6)38(27-30-26-31(48)16-17-32(30)49)41(63)55-35(28-69-7)42(64)56(4)18-10-9-14-36(39(61)54-34)57(5)43(65)33(13-8-11-19-59-21-23-70-24-22-59)53-40(62)37-15-12-20-60(37)45(67)46(3,68)47(50,51)52/h16-17,26,29,33-38,68H,8-15,18-25,27-28H2,1-7H3,(H,53,62)(H,54,61)(H,55,63)/t33-,34-,35+,36-,37-,38-,46+/m0/s1. The zero-order valence-electron chi connectivity index (χ0n) is 41.2. The monoisotopic (exact) mass is 1030 g/mol. The number of likely N-dealkylation sites (tertiary alicyclic amines) is 1. The average molecular weight is 1040 g/mol. The van der Waals surface area contributed by atoms with Crippen LogP contribution in [0.5, 0.6) is 0 Å². The molecule has 7 amide bonds. The van der Waals surface area contributed by atoms with Crippen molar-refractivity contribution < 1.29 is 61.3 Å². The van der Waals surface area contributed by atoms with Gasteiger partial charge in [-0.25, -0.2) is 0 Å². The minimum atomic E-state index is -5.33. The lowest BCUT2D eigenvalue weighted by molar-refractivity contribution is -0.250. The molecule has 23 heteroatoms. The number of nitrogens with zero attached hydrogens (tertiary/aromatic N) is 5. The number of hydrogen-bond acceptors (Lipinski definition) is 11. The van der Waals surface area contributed by atoms with Crippen LogP contribution in [0.1, 0.15) is 84.1 Å². The second-order valence-electron chi connectivity index (χ2n) is 19.1. The highest BCUT2D eigenvalue weighted by atomic mass is 35.5. The van der Waals surface area contributed by atoms with Crippen LogP contribution in [0.4, 0.5) is 13.2 Å². The highest BCUT2D eigenvalue weighted by Crippen LogP contribution is 2.34. The molecule has 1 aromatic rings. The van der Waals surface area contributed by atoms with E-state index in [1.165, 1.54) is 35.9 Å². The molecule has 3 saturated heterocycles. The molecule has 3 fully saturated rings. The lowest BCUT2D eigenvalue weighted by atomic mass is 9.98. The number of morpholine rings is 1. The van der Waals surface area contributed by atoms with Crippen molar-refractivity contribution in [3.63, 3.8) is 0 Å². The molecule has 0 spiro atoms. The van der Waals surface area contributed by atoms with Crippen LogP contribution in [0.15, 0.2) is 18.2 Å². The summed E-state index contributed by atoms with van der Waals surface area (Å²) < 4.78 is 52.1. The molecule has 70 heavy (non-hydrogen) atoms. The zero-order valence-corrected chi connectivity index (χ0v) is 42.8. The number of unbranched alkanes of at least 4 members (excludes halogenated alkanes) is 1. The smallest absolute Gasteiger partial charge is 0.382 e. The Hall–Kier alpha value is -4.28. The first-order valence-electron chi connectivity index (χ1n) is 23.9. The molecule has 0 radical (unpaired) electrons. The van der Waals surface area contributed by atoms with Gasteiger partial charge in [0.2, 0.25) is 41.0 Å². The van der Waals surface area contributed by atoms with E-state index < -0.39 is 89.4 Å². The topological polar surface area (TPSA) is 210 Å². The maximum Gasteiger partial charge on any atom is 0.426 e. The molecule has 0 aromatic heterocycles. The van der Waals surface area contributed by atoms with Crippen LogP contribution in [0.3, 0.4) is 0 Å². The van der Waals surface area contributed by atoms with Gasteiger partial charge >= 0.3 is 6.18 Å². The number of carbonyl (C=O) groups is 7. The number of likely N-dealkylation sites (N-methyl/N-ethyl adjacent to an activating group) is 3. The first kappa shape index (κ1) is 58.3. The van der Waals surface area contributed by atoms with Gasteiger partial charge in [-0.3, -0.25) is 38.5 Å². The van der Waals surface area contributed by atoms with Crippen LogP contribution in [0, 0.1) is 5.92 Å². The number of nitrogens with one attached hydrogen (secondary N) is 3. The Morgan fingerprint density at radius 2 is 1.61 bits per heavy atom. The van der Waals surface area contributed by atoms with Crippen molar-refractivity contribution in [2.75, 3.05) is 80.8 Å². The van der Waals surface area contributed by atoms with Crippen molar-refractivity contribution >= 4 is 64.6 Å². The normalized spacial score (nSPS) is 24.3. The molecular formula is C47H71Cl2F3N8O10. The molecule has 0 unspecified atom stereocenters. The Morgan fingerprint density at radius 3 is 2.26 bits per heavy atom. The minimum Gasteiger partial charge on any atom is -0.382 e. The summed E-state index contributed by atoms with van der Waals surface area (Å²) in [5.41, 5.74) is -3.33. The first-order valence-corrected chi connectivity index (χ1v) is 24.7. The molecule has 394 valence electrons. The predicted molar refractivity (Wildman–Crippen MR) is 254 cm³/mol. The molecule has 4 N–H and O–H groups in total. The summed E-state index contributed by atoms with van der Waals surface area (Å²) in [4.78, 5) is 106. The maximum absolute atomic E-state index is 14.8. The first-order chi connectivity index (χ1) is 32.9. The van der Waals surface area contributed by atoms with Gasteiger partial charge in [-0.15, -0.1) is 0 Å². The van der Waals surface area contributed by atoms with Gasteiger partial charge in [0.05, 0.1) is 19.8 Å². The van der Waals surface area contributed by atoms with E-state index in [9.17, 15) is 51.8 Å². The van der Waals surface area contributed by atoms with Crippen LogP contribution in [-0.2, 0) is 49.5 Å². The van der Waals surface area contributed by atoms with Gasteiger partial charge in [0.1, 0.15) is 36.3 Å². The van der Waals surface area contributed by atoms with Crippen molar-refractivity contribution in [2.45, 2.75) is 133 Å². The molecule has 3 heterocycles. The molecule has 18 nitrogen and oxygen atoms in total. The quantitative estimate of drug-likeness (QED) is 0.177. The SMILES string of the molecule is COC[C@H]1NC(=O)[C@H](Cc2cc(Cl)ccc2Cl)N(C)C(=O)[C@H](CC(C)C)NC(=O)[C@@H](N(C)C(=O)[C@H](CCCCN2CCOCC2)NC(=O)[C@@H]2CCCN2C(=O)[C@@](C)(O)C(F)(F)F)CCCCN(C)C1=O.